The van der Waals surface area contributed by atoms with Gasteiger partial charge in [-0.15, -0.1) is 0 Å². The van der Waals surface area contributed by atoms with Crippen LogP contribution >= 0.6 is 7.82 Å². The van der Waals surface area contributed by atoms with Crippen molar-refractivity contribution < 1.29 is 35.7 Å². The molecule has 0 saturated heterocycles. The lowest BCUT2D eigenvalue weighted by atomic mass is 10.1. The highest BCUT2D eigenvalue weighted by Crippen LogP contribution is 2.36. The molecule has 0 heterocycles. The average Bonchev–Trinajstić information content (AvgIpc) is 2.36. The van der Waals surface area contributed by atoms with Gasteiger partial charge in [-0.3, -0.25) is 14.2 Å². The fraction of sp³-hybridized carbons (Fsp3) is 0.750. The lowest BCUT2D eigenvalue weighted by molar-refractivity contribution is -0.222. The molecule has 0 aromatic carbocycles. The van der Waals surface area contributed by atoms with Crippen LogP contribution in [0.2, 0.25) is 0 Å². The molecule has 2 atom stereocenters. The van der Waals surface area contributed by atoms with E-state index in [0.29, 0.717) is 0 Å². The molecule has 22 heavy (non-hydrogen) atoms. The van der Waals surface area contributed by atoms with Gasteiger partial charge in [-0.25, -0.2) is 4.79 Å². The zero-order chi connectivity index (χ0) is 16.5. The molecule has 0 radical (unpaired) electrons. The summed E-state index contributed by atoms with van der Waals surface area (Å²) >= 11 is 0. The van der Waals surface area contributed by atoms with Gasteiger partial charge in [0.15, 0.2) is 5.78 Å². The van der Waals surface area contributed by atoms with Crippen LogP contribution in [0.5, 0.6) is 0 Å². The van der Waals surface area contributed by atoms with Crippen molar-refractivity contribution in [1.82, 2.24) is 10.6 Å². The predicted molar refractivity (Wildman–Crippen MR) is 82.4 cm³/mol. The van der Waals surface area contributed by atoms with E-state index in [9.17, 15) is 23.8 Å². The van der Waals surface area contributed by atoms with Crippen LogP contribution in [0.15, 0.2) is 0 Å². The van der Waals surface area contributed by atoms with Crippen LogP contribution in [0.1, 0.15) is 37.0 Å². The highest BCUT2D eigenvalue weighted by atomic mass is 31.2. The normalized spacial score (nSPS) is 14.2. The van der Waals surface area contributed by atoms with Crippen LogP contribution in [0.3, 0.4) is 0 Å². The minimum atomic E-state index is -4.25. The first-order chi connectivity index (χ1) is 9.68. The zero-order valence-corrected chi connectivity index (χ0v) is 13.1. The second kappa shape index (κ2) is 11.3. The molecule has 0 rings (SSSR count). The van der Waals surface area contributed by atoms with Gasteiger partial charge in [0.1, 0.15) is 5.78 Å². The minimum absolute atomic E-state index is 0. The Morgan fingerprint density at radius 1 is 1.32 bits per heavy atom. The maximum atomic E-state index is 11.5. The average molecular weight is 343 g/mol. The molecule has 2 unspecified atom stereocenters. The highest BCUT2D eigenvalue weighted by Gasteiger charge is 2.18. The summed E-state index contributed by atoms with van der Waals surface area (Å²) in [6, 6.07) is -1.48. The number of ketones is 2. The zero-order valence-electron chi connectivity index (χ0n) is 12.2. The third-order valence-electron chi connectivity index (χ3n) is 2.37. The van der Waals surface area contributed by atoms with E-state index in [1.54, 1.807) is 0 Å². The first-order valence-corrected chi connectivity index (χ1v) is 7.69. The van der Waals surface area contributed by atoms with E-state index in [0.717, 1.165) is 7.11 Å². The van der Waals surface area contributed by atoms with Crippen LogP contribution in [0.25, 0.3) is 0 Å². The SMILES string of the molecule is C.COP(=O)([O-])OCCCNC(=O)NC(CC(C)=O)C(C)=O.[HH].[HH]. The number of Topliss-reactive ketones (excluding diaryl/α,β-unsaturated/α-hetero) is 2. The van der Waals surface area contributed by atoms with E-state index >= 15 is 0 Å². The van der Waals surface area contributed by atoms with Gasteiger partial charge in [-0.05, 0) is 20.3 Å². The number of nitrogens with one attached hydrogen (secondary N) is 2. The summed E-state index contributed by atoms with van der Waals surface area (Å²) in [5, 5.41) is 4.78. The van der Waals surface area contributed by atoms with Crippen molar-refractivity contribution in [1.29, 1.82) is 0 Å². The van der Waals surface area contributed by atoms with Crippen LogP contribution in [0, 0.1) is 0 Å². The molecule has 0 spiro atoms. The van der Waals surface area contributed by atoms with E-state index in [4.69, 9.17) is 0 Å². The number of hydrogen-bond acceptors (Lipinski definition) is 7. The maximum absolute atomic E-state index is 11.5. The Balaban J connectivity index is -0.000000667. The third-order valence-corrected chi connectivity index (χ3v) is 3.31. The molecule has 10 heteroatoms. The van der Waals surface area contributed by atoms with Crippen molar-refractivity contribution >= 4 is 25.4 Å². The fourth-order valence-electron chi connectivity index (χ4n) is 1.30. The van der Waals surface area contributed by atoms with E-state index in [-0.39, 0.29) is 47.8 Å². The first-order valence-electron chi connectivity index (χ1n) is 6.23. The Kier molecular flexibility index (Phi) is 11.8. The van der Waals surface area contributed by atoms with Gasteiger partial charge >= 0.3 is 6.03 Å². The van der Waals surface area contributed by atoms with Crippen molar-refractivity contribution in [2.75, 3.05) is 20.3 Å². The largest absolute Gasteiger partial charge is 0.756 e. The van der Waals surface area contributed by atoms with Gasteiger partial charge in [0.25, 0.3) is 7.82 Å². The van der Waals surface area contributed by atoms with Gasteiger partial charge in [0, 0.05) is 22.9 Å². The first kappa shape index (κ1) is 23.0. The van der Waals surface area contributed by atoms with Crippen LogP contribution in [-0.2, 0) is 23.2 Å². The van der Waals surface area contributed by atoms with Crippen molar-refractivity contribution in [3.05, 3.63) is 0 Å². The van der Waals surface area contributed by atoms with Gasteiger partial charge in [-0.1, -0.05) is 7.43 Å². The lowest BCUT2D eigenvalue weighted by Crippen LogP contribution is -2.46. The Hall–Kier alpha value is -1.28. The summed E-state index contributed by atoms with van der Waals surface area (Å²) < 4.78 is 19.4. The fourth-order valence-corrected chi connectivity index (χ4v) is 1.75. The van der Waals surface area contributed by atoms with Crippen molar-refractivity contribution in [2.45, 2.75) is 40.2 Å². The topological polar surface area (TPSA) is 134 Å². The van der Waals surface area contributed by atoms with Crippen LogP contribution in [-0.4, -0.2) is 43.9 Å². The number of rotatable bonds is 10. The molecular weight excluding hydrogens is 315 g/mol. The molecule has 2 amide bonds. The molecule has 0 aliphatic rings. The second-order valence-electron chi connectivity index (χ2n) is 4.29. The molecule has 0 aliphatic heterocycles. The molecule has 0 aromatic heterocycles. The van der Waals surface area contributed by atoms with Gasteiger partial charge in [-0.2, -0.15) is 0 Å². The van der Waals surface area contributed by atoms with Gasteiger partial charge in [0.2, 0.25) is 0 Å². The number of carbonyl (C=O) groups is 3. The molecular formula is C12H28N2O7P-. The number of phosphoric ester groups is 1. The Bertz CT molecular complexity index is 438. The van der Waals surface area contributed by atoms with E-state index < -0.39 is 19.9 Å². The Morgan fingerprint density at radius 3 is 2.36 bits per heavy atom. The quantitative estimate of drug-likeness (QED) is 0.444. The molecule has 2 N–H and O–H groups in total. The summed E-state index contributed by atoms with van der Waals surface area (Å²) in [4.78, 5) is 44.5. The van der Waals surface area contributed by atoms with Crippen LogP contribution < -0.4 is 15.5 Å². The smallest absolute Gasteiger partial charge is 0.315 e. The number of phosphoric acid groups is 1. The Morgan fingerprint density at radius 2 is 1.91 bits per heavy atom. The standard InChI is InChI=1S/C11H21N2O7P.CH4.2H2/c1-8(14)7-10(9(2)15)13-11(16)12-5-4-6-20-21(17,18)19-3;;;/h10H,4-7H2,1-3H3,(H,17,18)(H2,12,13,16);1H4;2*1H/p-1. The second-order valence-corrected chi connectivity index (χ2v) is 5.80. The maximum Gasteiger partial charge on any atom is 0.315 e. The Labute approximate surface area is 133 Å². The summed E-state index contributed by atoms with van der Waals surface area (Å²) in [5.41, 5.74) is 0. The molecule has 134 valence electrons. The number of urea groups is 1. The molecule has 0 saturated carbocycles. The van der Waals surface area contributed by atoms with E-state index in [1.807, 2.05) is 0 Å². The minimum Gasteiger partial charge on any atom is -0.756 e. The van der Waals surface area contributed by atoms with E-state index in [1.165, 1.54) is 13.8 Å². The molecule has 0 aromatic rings. The van der Waals surface area contributed by atoms with Crippen LogP contribution in [0.4, 0.5) is 4.79 Å². The third kappa shape index (κ3) is 11.4. The summed E-state index contributed by atoms with van der Waals surface area (Å²) in [5.74, 6) is -0.536. The molecule has 0 bridgehead atoms. The number of carbonyl (C=O) groups excluding carboxylic acids is 3. The van der Waals surface area contributed by atoms with Gasteiger partial charge < -0.3 is 24.6 Å². The van der Waals surface area contributed by atoms with E-state index in [2.05, 4.69) is 19.7 Å². The summed E-state index contributed by atoms with van der Waals surface area (Å²) in [6.07, 6.45) is 0.166. The molecule has 0 aliphatic carbocycles. The number of hydrogen-bond donors (Lipinski definition) is 2. The number of amides is 2. The summed E-state index contributed by atoms with van der Waals surface area (Å²) in [7, 11) is -3.27. The lowest BCUT2D eigenvalue weighted by Gasteiger charge is -2.20. The monoisotopic (exact) mass is 343 g/mol. The molecule has 9 nitrogen and oxygen atoms in total. The van der Waals surface area contributed by atoms with Crippen molar-refractivity contribution in [2.24, 2.45) is 0 Å². The van der Waals surface area contributed by atoms with Gasteiger partial charge in [0.05, 0.1) is 12.6 Å². The summed E-state index contributed by atoms with van der Waals surface area (Å²) in [6.45, 7) is 2.60. The molecule has 0 fully saturated rings. The van der Waals surface area contributed by atoms with Crippen molar-refractivity contribution in [3.63, 3.8) is 0 Å². The highest BCUT2D eigenvalue weighted by molar-refractivity contribution is 7.45. The predicted octanol–water partition coefficient (Wildman–Crippen LogP) is 0.872. The van der Waals surface area contributed by atoms with Crippen molar-refractivity contribution in [3.8, 4) is 0 Å².